The van der Waals surface area contributed by atoms with Crippen LogP contribution in [0.3, 0.4) is 0 Å². The molecule has 0 amide bonds. The van der Waals surface area contributed by atoms with E-state index in [0.29, 0.717) is 28.9 Å². The van der Waals surface area contributed by atoms with Crippen LogP contribution in [0.4, 0.5) is 0 Å². The minimum Gasteiger partial charge on any atom is -0.485 e. The highest BCUT2D eigenvalue weighted by Gasteiger charge is 2.45. The summed E-state index contributed by atoms with van der Waals surface area (Å²) < 4.78 is 21.1. The Hall–Kier alpha value is -3.09. The van der Waals surface area contributed by atoms with Gasteiger partial charge in [-0.25, -0.2) is 4.79 Å². The number of methoxy groups -OCH3 is 1. The number of hydrogen-bond acceptors (Lipinski definition) is 7. The molecule has 0 unspecified atom stereocenters. The summed E-state index contributed by atoms with van der Waals surface area (Å²) >= 11 is 0. The second-order valence-electron chi connectivity index (χ2n) is 5.82. The van der Waals surface area contributed by atoms with Gasteiger partial charge in [0, 0.05) is 11.8 Å². The van der Waals surface area contributed by atoms with Crippen molar-refractivity contribution >= 4 is 5.97 Å². The number of benzene rings is 1. The van der Waals surface area contributed by atoms with E-state index in [1.807, 2.05) is 12.1 Å². The van der Waals surface area contributed by atoms with Crippen LogP contribution >= 0.6 is 0 Å². The number of carbonyl (C=O) groups excluding carboxylic acids is 1. The lowest BCUT2D eigenvalue weighted by atomic mass is 10.2. The topological polar surface area (TPSA) is 87.6 Å². The fraction of sp³-hybridized carbons (Fsp3) is 0.278. The molecule has 1 aliphatic rings. The van der Waals surface area contributed by atoms with E-state index in [0.717, 1.165) is 12.2 Å². The SMILES string of the molecule is COC(=O)c1cccc(OCc2noc([C@H]3C[C@@H]3c3ccco3)n2)c1. The van der Waals surface area contributed by atoms with Gasteiger partial charge in [-0.05, 0) is 36.8 Å². The Balaban J connectivity index is 1.37. The molecule has 1 aromatic carbocycles. The summed E-state index contributed by atoms with van der Waals surface area (Å²) in [6.45, 7) is 0.159. The number of hydrogen-bond donors (Lipinski definition) is 0. The predicted octanol–water partition coefficient (Wildman–Crippen LogP) is 3.30. The molecule has 7 nitrogen and oxygen atoms in total. The molecule has 0 spiro atoms. The molecule has 1 saturated carbocycles. The van der Waals surface area contributed by atoms with E-state index in [1.54, 1.807) is 30.5 Å². The molecule has 0 N–H and O–H groups in total. The molecule has 3 aromatic rings. The Kier molecular flexibility index (Phi) is 3.97. The van der Waals surface area contributed by atoms with Crippen LogP contribution in [0.1, 0.15) is 46.1 Å². The second kappa shape index (κ2) is 6.43. The number of nitrogens with zero attached hydrogens (tertiary/aromatic N) is 2. The van der Waals surface area contributed by atoms with Crippen molar-refractivity contribution in [3.63, 3.8) is 0 Å². The molecule has 7 heteroatoms. The van der Waals surface area contributed by atoms with Crippen molar-refractivity contribution in [2.45, 2.75) is 24.9 Å². The number of ether oxygens (including phenoxy) is 2. The highest BCUT2D eigenvalue weighted by molar-refractivity contribution is 5.89. The third-order valence-electron chi connectivity index (χ3n) is 4.12. The fourth-order valence-electron chi connectivity index (χ4n) is 2.74. The van der Waals surface area contributed by atoms with E-state index in [2.05, 4.69) is 14.9 Å². The molecule has 0 aliphatic heterocycles. The molecule has 2 heterocycles. The average Bonchev–Trinajstić information content (AvgIpc) is 3.06. The Morgan fingerprint density at radius 3 is 3.00 bits per heavy atom. The molecule has 4 rings (SSSR count). The van der Waals surface area contributed by atoms with E-state index in [4.69, 9.17) is 13.7 Å². The Morgan fingerprint density at radius 2 is 2.20 bits per heavy atom. The zero-order chi connectivity index (χ0) is 17.2. The van der Waals surface area contributed by atoms with Gasteiger partial charge in [-0.3, -0.25) is 0 Å². The van der Waals surface area contributed by atoms with Crippen LogP contribution in [-0.4, -0.2) is 23.2 Å². The molecular weight excluding hydrogens is 324 g/mol. The van der Waals surface area contributed by atoms with Gasteiger partial charge in [-0.1, -0.05) is 11.2 Å². The highest BCUT2D eigenvalue weighted by atomic mass is 16.5. The third kappa shape index (κ3) is 3.26. The van der Waals surface area contributed by atoms with Crippen molar-refractivity contribution in [1.29, 1.82) is 0 Å². The standard InChI is InChI=1S/C18H16N2O5/c1-22-18(21)11-4-2-5-12(8-11)24-10-16-19-17(25-20-16)14-9-13(14)15-6-3-7-23-15/h2-8,13-14H,9-10H2,1H3/t13-,14-/m0/s1. The zero-order valence-corrected chi connectivity index (χ0v) is 13.5. The summed E-state index contributed by atoms with van der Waals surface area (Å²) in [6.07, 6.45) is 2.61. The minimum absolute atomic E-state index is 0.159. The molecule has 0 saturated heterocycles. The zero-order valence-electron chi connectivity index (χ0n) is 13.5. The van der Waals surface area contributed by atoms with Crippen molar-refractivity contribution in [1.82, 2.24) is 10.1 Å². The maximum absolute atomic E-state index is 11.5. The van der Waals surface area contributed by atoms with Crippen LogP contribution in [-0.2, 0) is 11.3 Å². The third-order valence-corrected chi connectivity index (χ3v) is 4.12. The molecule has 128 valence electrons. The molecule has 1 aliphatic carbocycles. The predicted molar refractivity (Wildman–Crippen MR) is 85.2 cm³/mol. The van der Waals surface area contributed by atoms with Crippen molar-refractivity contribution < 1.29 is 23.2 Å². The number of rotatable bonds is 6. The van der Waals surface area contributed by atoms with E-state index in [-0.39, 0.29) is 12.5 Å². The van der Waals surface area contributed by atoms with Crippen LogP contribution in [0.2, 0.25) is 0 Å². The molecule has 25 heavy (non-hydrogen) atoms. The summed E-state index contributed by atoms with van der Waals surface area (Å²) in [5, 5.41) is 3.95. The smallest absolute Gasteiger partial charge is 0.337 e. The van der Waals surface area contributed by atoms with Gasteiger partial charge in [0.25, 0.3) is 0 Å². The molecule has 0 radical (unpaired) electrons. The van der Waals surface area contributed by atoms with E-state index < -0.39 is 5.97 Å². The Labute approximate surface area is 143 Å². The van der Waals surface area contributed by atoms with Gasteiger partial charge in [0.1, 0.15) is 11.5 Å². The molecule has 2 aromatic heterocycles. The van der Waals surface area contributed by atoms with E-state index >= 15 is 0 Å². The summed E-state index contributed by atoms with van der Waals surface area (Å²) in [5.74, 6) is 2.64. The quantitative estimate of drug-likeness (QED) is 0.636. The summed E-state index contributed by atoms with van der Waals surface area (Å²) in [4.78, 5) is 15.9. The number of furan rings is 1. The van der Waals surface area contributed by atoms with E-state index in [1.165, 1.54) is 7.11 Å². The first-order chi connectivity index (χ1) is 12.2. The van der Waals surface area contributed by atoms with Gasteiger partial charge in [-0.2, -0.15) is 4.98 Å². The van der Waals surface area contributed by atoms with Gasteiger partial charge in [0.2, 0.25) is 11.7 Å². The lowest BCUT2D eigenvalue weighted by Crippen LogP contribution is -2.02. The maximum atomic E-state index is 11.5. The van der Waals surface area contributed by atoms with Gasteiger partial charge in [0.15, 0.2) is 6.61 Å². The van der Waals surface area contributed by atoms with Crippen molar-refractivity contribution in [2.24, 2.45) is 0 Å². The first-order valence-corrected chi connectivity index (χ1v) is 7.91. The molecular formula is C18H16N2O5. The monoisotopic (exact) mass is 340 g/mol. The van der Waals surface area contributed by atoms with Crippen molar-refractivity contribution in [3.8, 4) is 5.75 Å². The largest absolute Gasteiger partial charge is 0.485 e. The van der Waals surface area contributed by atoms with E-state index in [9.17, 15) is 4.79 Å². The Morgan fingerprint density at radius 1 is 1.28 bits per heavy atom. The first-order valence-electron chi connectivity index (χ1n) is 7.91. The van der Waals surface area contributed by atoms with Crippen molar-refractivity contribution in [3.05, 3.63) is 65.7 Å². The normalized spacial score (nSPS) is 18.8. The lowest BCUT2D eigenvalue weighted by Gasteiger charge is -2.05. The number of esters is 1. The fourth-order valence-corrected chi connectivity index (χ4v) is 2.74. The van der Waals surface area contributed by atoms with Gasteiger partial charge in [-0.15, -0.1) is 0 Å². The van der Waals surface area contributed by atoms with Crippen LogP contribution in [0, 0.1) is 0 Å². The lowest BCUT2D eigenvalue weighted by molar-refractivity contribution is 0.0600. The molecule has 2 atom stereocenters. The van der Waals surface area contributed by atoms with Gasteiger partial charge >= 0.3 is 5.97 Å². The van der Waals surface area contributed by atoms with Gasteiger partial charge in [0.05, 0.1) is 18.9 Å². The van der Waals surface area contributed by atoms with Crippen LogP contribution < -0.4 is 4.74 Å². The van der Waals surface area contributed by atoms with Crippen LogP contribution in [0.5, 0.6) is 5.75 Å². The molecule has 1 fully saturated rings. The van der Waals surface area contributed by atoms with Gasteiger partial charge < -0.3 is 18.4 Å². The number of carbonyl (C=O) groups is 1. The summed E-state index contributed by atoms with van der Waals surface area (Å²) in [5.41, 5.74) is 0.424. The van der Waals surface area contributed by atoms with Crippen molar-refractivity contribution in [2.75, 3.05) is 7.11 Å². The van der Waals surface area contributed by atoms with Crippen LogP contribution in [0.25, 0.3) is 0 Å². The second-order valence-corrected chi connectivity index (χ2v) is 5.82. The number of aromatic nitrogens is 2. The maximum Gasteiger partial charge on any atom is 0.337 e. The van der Waals surface area contributed by atoms with Crippen LogP contribution in [0.15, 0.2) is 51.6 Å². The molecule has 0 bridgehead atoms. The summed E-state index contributed by atoms with van der Waals surface area (Å²) in [6, 6.07) is 10.6. The first kappa shape index (κ1) is 15.4. The minimum atomic E-state index is -0.412. The summed E-state index contributed by atoms with van der Waals surface area (Å²) in [7, 11) is 1.34. The Bertz CT molecular complexity index is 871. The highest BCUT2D eigenvalue weighted by Crippen LogP contribution is 2.54. The average molecular weight is 340 g/mol.